The monoisotopic (exact) mass is 253 g/mol. The molecule has 2 heterocycles. The van der Waals surface area contributed by atoms with Gasteiger partial charge in [-0.15, -0.1) is 0 Å². The second kappa shape index (κ2) is 4.21. The molecule has 2 aromatic rings. The quantitative estimate of drug-likeness (QED) is 0.878. The van der Waals surface area contributed by atoms with Gasteiger partial charge in [0.05, 0.1) is 30.4 Å². The Morgan fingerprint density at radius 3 is 2.65 bits per heavy atom. The van der Waals surface area contributed by atoms with Crippen LogP contribution in [0.3, 0.4) is 0 Å². The zero-order valence-electron chi connectivity index (χ0n) is 9.73. The molecule has 7 heteroatoms. The lowest BCUT2D eigenvalue weighted by molar-refractivity contribution is 0.378. The third kappa shape index (κ3) is 1.91. The molecule has 0 saturated carbocycles. The molecule has 0 saturated heterocycles. The Labute approximate surface area is 103 Å². The van der Waals surface area contributed by atoms with Gasteiger partial charge < -0.3 is 10.5 Å². The summed E-state index contributed by atoms with van der Waals surface area (Å²) < 4.78 is 6.54. The van der Waals surface area contributed by atoms with Crippen LogP contribution in [0.5, 0.6) is 6.01 Å². The van der Waals surface area contributed by atoms with Crippen LogP contribution < -0.4 is 10.5 Å². The summed E-state index contributed by atoms with van der Waals surface area (Å²) >= 11 is 6.04. The number of anilines is 1. The normalized spacial score (nSPS) is 10.6. The standard InChI is InChI=1S/C10H12ClN5O/c1-5-8(12)6(2)16(15-5)9-7(11)4-13-10(14-9)17-3/h4H,12H2,1-3H3. The van der Waals surface area contributed by atoms with Crippen LogP contribution in [0.15, 0.2) is 6.20 Å². The van der Waals surface area contributed by atoms with Crippen molar-refractivity contribution >= 4 is 17.3 Å². The van der Waals surface area contributed by atoms with Gasteiger partial charge in [-0.05, 0) is 13.8 Å². The van der Waals surface area contributed by atoms with E-state index in [9.17, 15) is 0 Å². The lowest BCUT2D eigenvalue weighted by atomic mass is 10.3. The van der Waals surface area contributed by atoms with Crippen LogP contribution in [0.25, 0.3) is 5.82 Å². The van der Waals surface area contributed by atoms with E-state index in [4.69, 9.17) is 22.1 Å². The van der Waals surface area contributed by atoms with Crippen LogP contribution in [0.4, 0.5) is 5.69 Å². The van der Waals surface area contributed by atoms with Crippen molar-refractivity contribution in [3.63, 3.8) is 0 Å². The summed E-state index contributed by atoms with van der Waals surface area (Å²) in [4.78, 5) is 8.06. The van der Waals surface area contributed by atoms with Crippen molar-refractivity contribution in [1.29, 1.82) is 0 Å². The second-order valence-electron chi connectivity index (χ2n) is 3.52. The number of nitrogen functional groups attached to an aromatic ring is 1. The van der Waals surface area contributed by atoms with Crippen LogP contribution in [0, 0.1) is 13.8 Å². The number of ether oxygens (including phenoxy) is 1. The smallest absolute Gasteiger partial charge is 0.318 e. The van der Waals surface area contributed by atoms with Gasteiger partial charge in [-0.1, -0.05) is 11.6 Å². The van der Waals surface area contributed by atoms with E-state index in [0.717, 1.165) is 11.4 Å². The molecule has 2 aromatic heterocycles. The van der Waals surface area contributed by atoms with E-state index < -0.39 is 0 Å². The molecule has 6 nitrogen and oxygen atoms in total. The highest BCUT2D eigenvalue weighted by Crippen LogP contribution is 2.24. The highest BCUT2D eigenvalue weighted by atomic mass is 35.5. The van der Waals surface area contributed by atoms with Gasteiger partial charge in [0.25, 0.3) is 0 Å². The molecule has 0 bridgehead atoms. The maximum Gasteiger partial charge on any atom is 0.318 e. The number of nitrogens with zero attached hydrogens (tertiary/aromatic N) is 4. The maximum absolute atomic E-state index is 6.04. The number of hydrogen-bond donors (Lipinski definition) is 1. The Bertz CT molecular complexity index is 566. The Balaban J connectivity index is 2.63. The first-order valence-corrected chi connectivity index (χ1v) is 5.31. The number of hydrogen-bond acceptors (Lipinski definition) is 5. The minimum atomic E-state index is 0.232. The first-order chi connectivity index (χ1) is 8.04. The van der Waals surface area contributed by atoms with Gasteiger partial charge in [0.15, 0.2) is 5.82 Å². The van der Waals surface area contributed by atoms with E-state index in [-0.39, 0.29) is 6.01 Å². The number of nitrogens with two attached hydrogens (primary N) is 1. The van der Waals surface area contributed by atoms with E-state index in [1.54, 1.807) is 4.68 Å². The van der Waals surface area contributed by atoms with Crippen LogP contribution in [0.2, 0.25) is 5.02 Å². The van der Waals surface area contributed by atoms with Gasteiger partial charge in [-0.3, -0.25) is 0 Å². The van der Waals surface area contributed by atoms with Crippen molar-refractivity contribution in [2.24, 2.45) is 0 Å². The zero-order chi connectivity index (χ0) is 12.6. The average molecular weight is 254 g/mol. The molecule has 0 atom stereocenters. The van der Waals surface area contributed by atoms with E-state index in [0.29, 0.717) is 16.5 Å². The third-order valence-electron chi connectivity index (χ3n) is 2.43. The molecule has 0 aliphatic carbocycles. The summed E-state index contributed by atoms with van der Waals surface area (Å²) in [7, 11) is 1.49. The lowest BCUT2D eigenvalue weighted by Crippen LogP contribution is -2.05. The van der Waals surface area contributed by atoms with Crippen molar-refractivity contribution in [1.82, 2.24) is 19.7 Å². The van der Waals surface area contributed by atoms with Gasteiger partial charge in [0.2, 0.25) is 0 Å². The van der Waals surface area contributed by atoms with Gasteiger partial charge >= 0.3 is 6.01 Å². The van der Waals surface area contributed by atoms with E-state index in [1.807, 2.05) is 13.8 Å². The third-order valence-corrected chi connectivity index (χ3v) is 2.70. The Kier molecular flexibility index (Phi) is 2.89. The molecule has 0 unspecified atom stereocenters. The number of aryl methyl sites for hydroxylation is 1. The zero-order valence-corrected chi connectivity index (χ0v) is 10.5. The lowest BCUT2D eigenvalue weighted by Gasteiger charge is -2.06. The number of halogens is 1. The van der Waals surface area contributed by atoms with Crippen LogP contribution >= 0.6 is 11.6 Å². The van der Waals surface area contributed by atoms with E-state index >= 15 is 0 Å². The van der Waals surface area contributed by atoms with Crippen LogP contribution in [0.1, 0.15) is 11.4 Å². The molecule has 2 rings (SSSR count). The molecule has 17 heavy (non-hydrogen) atoms. The second-order valence-corrected chi connectivity index (χ2v) is 3.93. The molecular weight excluding hydrogens is 242 g/mol. The Hall–Kier alpha value is -1.82. The van der Waals surface area contributed by atoms with Crippen molar-refractivity contribution in [3.8, 4) is 11.8 Å². The maximum atomic E-state index is 6.04. The largest absolute Gasteiger partial charge is 0.467 e. The van der Waals surface area contributed by atoms with Gasteiger partial charge in [0.1, 0.15) is 5.02 Å². The molecule has 90 valence electrons. The SMILES string of the molecule is COc1ncc(Cl)c(-n2nc(C)c(N)c2C)n1. The molecule has 0 fully saturated rings. The molecule has 0 amide bonds. The van der Waals surface area contributed by atoms with Crippen molar-refractivity contribution in [3.05, 3.63) is 22.6 Å². The molecular formula is C10H12ClN5O. The molecule has 0 spiro atoms. The molecule has 0 aromatic carbocycles. The fourth-order valence-corrected chi connectivity index (χ4v) is 1.62. The van der Waals surface area contributed by atoms with Crippen LogP contribution in [-0.4, -0.2) is 26.9 Å². The minimum Gasteiger partial charge on any atom is -0.467 e. The molecule has 0 aliphatic rings. The summed E-state index contributed by atoms with van der Waals surface area (Å²) in [6.45, 7) is 3.67. The highest BCUT2D eigenvalue weighted by molar-refractivity contribution is 6.32. The summed E-state index contributed by atoms with van der Waals surface area (Å²) in [6, 6.07) is 0.232. The van der Waals surface area contributed by atoms with Gasteiger partial charge in [-0.2, -0.15) is 10.1 Å². The van der Waals surface area contributed by atoms with Crippen molar-refractivity contribution < 1.29 is 4.74 Å². The summed E-state index contributed by atoms with van der Waals surface area (Å²) in [5, 5.41) is 4.66. The highest BCUT2D eigenvalue weighted by Gasteiger charge is 2.15. The van der Waals surface area contributed by atoms with Gasteiger partial charge in [-0.25, -0.2) is 9.67 Å². The predicted molar refractivity (Wildman–Crippen MR) is 64.6 cm³/mol. The summed E-state index contributed by atoms with van der Waals surface area (Å²) in [5.41, 5.74) is 8.00. The average Bonchev–Trinajstić information content (AvgIpc) is 2.58. The molecule has 0 radical (unpaired) electrons. The van der Waals surface area contributed by atoms with Crippen LogP contribution in [-0.2, 0) is 0 Å². The first kappa shape index (κ1) is 11.7. The molecule has 2 N–H and O–H groups in total. The Morgan fingerprint density at radius 2 is 2.12 bits per heavy atom. The van der Waals surface area contributed by atoms with Crippen molar-refractivity contribution in [2.45, 2.75) is 13.8 Å². The fourth-order valence-electron chi connectivity index (χ4n) is 1.45. The molecule has 0 aliphatic heterocycles. The Morgan fingerprint density at radius 1 is 1.41 bits per heavy atom. The topological polar surface area (TPSA) is 78.8 Å². The van der Waals surface area contributed by atoms with E-state index in [1.165, 1.54) is 13.3 Å². The summed E-state index contributed by atoms with van der Waals surface area (Å²) in [6.07, 6.45) is 1.47. The predicted octanol–water partition coefficient (Wildman–Crippen LogP) is 1.52. The minimum absolute atomic E-state index is 0.232. The number of aromatic nitrogens is 4. The van der Waals surface area contributed by atoms with Crippen molar-refractivity contribution in [2.75, 3.05) is 12.8 Å². The summed E-state index contributed by atoms with van der Waals surface area (Å²) in [5.74, 6) is 0.454. The van der Waals surface area contributed by atoms with E-state index in [2.05, 4.69) is 15.1 Å². The van der Waals surface area contributed by atoms with Gasteiger partial charge in [0, 0.05) is 0 Å². The first-order valence-electron chi connectivity index (χ1n) is 4.93. The number of methoxy groups -OCH3 is 1. The fraction of sp³-hybridized carbons (Fsp3) is 0.300. The number of rotatable bonds is 2.